The predicted octanol–water partition coefficient (Wildman–Crippen LogP) is 3.25. The number of carbonyl (C=O) groups excluding carboxylic acids is 1. The third kappa shape index (κ3) is 3.31. The molecule has 2 heterocycles. The average Bonchev–Trinajstić information content (AvgIpc) is 3.44. The van der Waals surface area contributed by atoms with Crippen LogP contribution in [0.1, 0.15) is 42.5 Å². The van der Waals surface area contributed by atoms with Crippen LogP contribution >= 0.6 is 0 Å². The van der Waals surface area contributed by atoms with Crippen molar-refractivity contribution < 1.29 is 33.6 Å². The minimum atomic E-state index is -0.387. The summed E-state index contributed by atoms with van der Waals surface area (Å²) in [5.74, 6) is 1.24. The Kier molecular flexibility index (Phi) is 5.58. The first-order valence-electron chi connectivity index (χ1n) is 11.3. The quantitative estimate of drug-likeness (QED) is 0.711. The molecular formula is C25H29NO7. The fourth-order valence-corrected chi connectivity index (χ4v) is 5.60. The smallest absolute Gasteiger partial charge is 0.231 e. The summed E-state index contributed by atoms with van der Waals surface area (Å²) in [4.78, 5) is 15.6. The molecule has 8 heteroatoms. The fraction of sp³-hybridized carbons (Fsp3) is 0.480. The molecule has 1 aliphatic carbocycles. The van der Waals surface area contributed by atoms with E-state index in [0.29, 0.717) is 23.0 Å². The first-order valence-corrected chi connectivity index (χ1v) is 11.3. The van der Waals surface area contributed by atoms with Crippen LogP contribution in [-0.2, 0) is 9.53 Å². The summed E-state index contributed by atoms with van der Waals surface area (Å²) in [6, 6.07) is 7.49. The highest BCUT2D eigenvalue weighted by Crippen LogP contribution is 2.55. The van der Waals surface area contributed by atoms with Crippen molar-refractivity contribution >= 4 is 5.78 Å². The number of carbonyl (C=O) groups is 1. The van der Waals surface area contributed by atoms with Gasteiger partial charge in [0.15, 0.2) is 28.8 Å². The van der Waals surface area contributed by atoms with Crippen LogP contribution in [0.4, 0.5) is 0 Å². The first kappa shape index (κ1) is 21.9. The van der Waals surface area contributed by atoms with E-state index in [1.165, 1.54) is 14.2 Å². The molecule has 2 aromatic rings. The zero-order valence-electron chi connectivity index (χ0n) is 19.3. The van der Waals surface area contributed by atoms with Gasteiger partial charge in [-0.05, 0) is 54.0 Å². The van der Waals surface area contributed by atoms with E-state index >= 15 is 0 Å². The van der Waals surface area contributed by atoms with Crippen molar-refractivity contribution in [2.45, 2.75) is 31.9 Å². The lowest BCUT2D eigenvalue weighted by Gasteiger charge is -2.44. The maximum Gasteiger partial charge on any atom is 0.231 e. The highest BCUT2D eigenvalue weighted by molar-refractivity contribution is 5.87. The van der Waals surface area contributed by atoms with Crippen molar-refractivity contribution in [3.05, 3.63) is 41.0 Å². The number of hydrogen-bond donors (Lipinski definition) is 1. The molecule has 5 rings (SSSR count). The van der Waals surface area contributed by atoms with Crippen LogP contribution in [0.15, 0.2) is 24.3 Å². The summed E-state index contributed by atoms with van der Waals surface area (Å²) in [6.07, 6.45) is -0.305. The highest BCUT2D eigenvalue weighted by Gasteiger charge is 2.53. The average molecular weight is 456 g/mol. The molecule has 3 aliphatic rings. The summed E-state index contributed by atoms with van der Waals surface area (Å²) in [5.41, 5.74) is 2.87. The predicted molar refractivity (Wildman–Crippen MR) is 120 cm³/mol. The maximum atomic E-state index is 13.2. The van der Waals surface area contributed by atoms with Gasteiger partial charge in [0.2, 0.25) is 12.5 Å². The van der Waals surface area contributed by atoms with E-state index in [9.17, 15) is 9.90 Å². The molecule has 176 valence electrons. The SMILES string of the molecule is CCN(CC)C1c2cc3c(cc2C(c2cc(OC)c(O)c(OC)c2)C2C(=O)COC21)OCO3. The van der Waals surface area contributed by atoms with E-state index in [4.69, 9.17) is 23.7 Å². The van der Waals surface area contributed by atoms with Crippen molar-refractivity contribution in [2.24, 2.45) is 5.92 Å². The van der Waals surface area contributed by atoms with Crippen molar-refractivity contribution in [3.8, 4) is 28.7 Å². The van der Waals surface area contributed by atoms with Gasteiger partial charge >= 0.3 is 0 Å². The number of phenols is 1. The van der Waals surface area contributed by atoms with Crippen LogP contribution in [0.5, 0.6) is 28.7 Å². The van der Waals surface area contributed by atoms with Gasteiger partial charge in [0.25, 0.3) is 0 Å². The zero-order valence-corrected chi connectivity index (χ0v) is 19.3. The van der Waals surface area contributed by atoms with Gasteiger partial charge in [0.1, 0.15) is 6.61 Å². The third-order valence-electron chi connectivity index (χ3n) is 7.11. The van der Waals surface area contributed by atoms with E-state index in [1.807, 2.05) is 12.1 Å². The summed E-state index contributed by atoms with van der Waals surface area (Å²) in [5, 5.41) is 10.5. The molecule has 1 N–H and O–H groups in total. The Labute approximate surface area is 192 Å². The van der Waals surface area contributed by atoms with Crippen LogP contribution in [-0.4, -0.2) is 62.6 Å². The Bertz CT molecular complexity index is 1060. The lowest BCUT2D eigenvalue weighted by atomic mass is 9.67. The molecule has 2 aliphatic heterocycles. The standard InChI is InChI=1S/C25H29NO7/c1-5-26(6-2)23-15-10-18-17(32-12-33-18)9-14(15)21(22-16(27)11-31-25(22)23)13-7-19(29-3)24(28)20(8-13)30-4/h7-10,21-23,25,28H,5-6,11-12H2,1-4H3. The number of rotatable bonds is 6. The third-order valence-corrected chi connectivity index (χ3v) is 7.11. The van der Waals surface area contributed by atoms with Gasteiger partial charge < -0.3 is 28.8 Å². The number of likely N-dealkylation sites (N-methyl/N-ethyl adjacent to an activating group) is 1. The molecule has 0 spiro atoms. The van der Waals surface area contributed by atoms with E-state index in [1.54, 1.807) is 12.1 Å². The lowest BCUT2D eigenvalue weighted by molar-refractivity contribution is -0.121. The van der Waals surface area contributed by atoms with Crippen LogP contribution in [0, 0.1) is 5.92 Å². The Morgan fingerprint density at radius 1 is 1.00 bits per heavy atom. The van der Waals surface area contributed by atoms with E-state index in [0.717, 1.165) is 29.8 Å². The molecule has 2 aromatic carbocycles. The normalized spacial score (nSPS) is 25.2. The Balaban J connectivity index is 1.76. The summed E-state index contributed by atoms with van der Waals surface area (Å²) < 4.78 is 28.4. The van der Waals surface area contributed by atoms with Gasteiger partial charge in [0.05, 0.1) is 32.3 Å². The van der Waals surface area contributed by atoms with Gasteiger partial charge in [-0.3, -0.25) is 9.69 Å². The topological polar surface area (TPSA) is 86.7 Å². The second kappa shape index (κ2) is 8.43. The molecule has 1 saturated heterocycles. The maximum absolute atomic E-state index is 13.2. The van der Waals surface area contributed by atoms with E-state index < -0.39 is 0 Å². The van der Waals surface area contributed by atoms with Gasteiger partial charge in [-0.25, -0.2) is 0 Å². The number of benzene rings is 2. The molecule has 4 unspecified atom stereocenters. The highest BCUT2D eigenvalue weighted by atomic mass is 16.7. The molecule has 0 bridgehead atoms. The number of phenolic OH excluding ortho intramolecular Hbond substituents is 1. The lowest BCUT2D eigenvalue weighted by Crippen LogP contribution is -2.45. The molecule has 1 fully saturated rings. The number of ketones is 1. The van der Waals surface area contributed by atoms with Crippen molar-refractivity contribution in [2.75, 3.05) is 40.7 Å². The van der Waals surface area contributed by atoms with Crippen LogP contribution in [0.3, 0.4) is 0 Å². The van der Waals surface area contributed by atoms with Gasteiger partial charge in [-0.1, -0.05) is 13.8 Å². The number of Topliss-reactive ketones (excluding diaryl/α,β-unsaturated/α-hetero) is 1. The molecule has 0 aromatic heterocycles. The fourth-order valence-electron chi connectivity index (χ4n) is 5.60. The van der Waals surface area contributed by atoms with Crippen LogP contribution < -0.4 is 18.9 Å². The molecule has 4 atom stereocenters. The Morgan fingerprint density at radius 2 is 1.61 bits per heavy atom. The molecular weight excluding hydrogens is 426 g/mol. The van der Waals surface area contributed by atoms with Gasteiger partial charge in [-0.15, -0.1) is 0 Å². The monoisotopic (exact) mass is 455 g/mol. The van der Waals surface area contributed by atoms with Crippen LogP contribution in [0.25, 0.3) is 0 Å². The summed E-state index contributed by atoms with van der Waals surface area (Å²) >= 11 is 0. The number of aromatic hydroxyl groups is 1. The van der Waals surface area contributed by atoms with Crippen LogP contribution in [0.2, 0.25) is 0 Å². The molecule has 33 heavy (non-hydrogen) atoms. The summed E-state index contributed by atoms with van der Waals surface area (Å²) in [6.45, 7) is 6.12. The number of nitrogens with zero attached hydrogens (tertiary/aromatic N) is 1. The van der Waals surface area contributed by atoms with Crippen molar-refractivity contribution in [3.63, 3.8) is 0 Å². The second-order valence-electron chi connectivity index (χ2n) is 8.52. The molecule has 0 amide bonds. The Hall–Kier alpha value is -2.97. The molecule has 0 radical (unpaired) electrons. The minimum Gasteiger partial charge on any atom is -0.502 e. The largest absolute Gasteiger partial charge is 0.502 e. The van der Waals surface area contributed by atoms with Gasteiger partial charge in [0, 0.05) is 5.92 Å². The Morgan fingerprint density at radius 3 is 2.18 bits per heavy atom. The van der Waals surface area contributed by atoms with Crippen molar-refractivity contribution in [1.29, 1.82) is 0 Å². The minimum absolute atomic E-state index is 0.0662. The van der Waals surface area contributed by atoms with E-state index in [2.05, 4.69) is 18.7 Å². The van der Waals surface area contributed by atoms with E-state index in [-0.39, 0.29) is 48.9 Å². The number of methoxy groups -OCH3 is 2. The number of ether oxygens (including phenoxy) is 5. The summed E-state index contributed by atoms with van der Waals surface area (Å²) in [7, 11) is 2.99. The first-order chi connectivity index (χ1) is 16.0. The molecule has 8 nitrogen and oxygen atoms in total. The van der Waals surface area contributed by atoms with Gasteiger partial charge in [-0.2, -0.15) is 0 Å². The number of hydrogen-bond acceptors (Lipinski definition) is 8. The zero-order chi connectivity index (χ0) is 23.3. The second-order valence-corrected chi connectivity index (χ2v) is 8.52. The number of fused-ring (bicyclic) bond motifs is 3. The molecule has 0 saturated carbocycles. The van der Waals surface area contributed by atoms with Crippen molar-refractivity contribution in [1.82, 2.24) is 4.90 Å².